The molecule has 2 bridgehead atoms. The number of fused-ring (bicyclic) bond motifs is 4. The first-order chi connectivity index (χ1) is 20.5. The van der Waals surface area contributed by atoms with E-state index in [0.29, 0.717) is 39.5 Å². The molecule has 43 heavy (non-hydrogen) atoms. The lowest BCUT2D eigenvalue weighted by Crippen LogP contribution is -2.51. The summed E-state index contributed by atoms with van der Waals surface area (Å²) in [6.07, 6.45) is 12.8. The Labute approximate surface area is 249 Å². The summed E-state index contributed by atoms with van der Waals surface area (Å²) >= 11 is 0. The zero-order valence-electron chi connectivity index (χ0n) is 24.8. The molecule has 0 saturated carbocycles. The van der Waals surface area contributed by atoms with Crippen molar-refractivity contribution in [3.63, 3.8) is 0 Å². The molecule has 2 unspecified atom stereocenters. The fourth-order valence-corrected chi connectivity index (χ4v) is 6.26. The monoisotopic (exact) mass is 585 g/mol. The number of terminal acetylenes is 1. The van der Waals surface area contributed by atoms with Crippen molar-refractivity contribution >= 4 is 33.5 Å². The van der Waals surface area contributed by atoms with Crippen molar-refractivity contribution in [2.45, 2.75) is 52.2 Å². The largest absolute Gasteiger partial charge is 0.468 e. The standard InChI is InChI=1S/C34H33F2N3O4/c1-7-24-26(35)11-9-20-12-23(42-18-41-6)14-25(30(20)24)32-31(36)29-19(2)16-39(28(29)15-37-32)27-13-22-10-8-21(27)17-38(22)33(40)43-34(3,4)5/h1,9,11-16,21-22H,8,10,17-18H2,2-6H3. The Morgan fingerprint density at radius 1 is 1.19 bits per heavy atom. The Morgan fingerprint density at radius 2 is 1.98 bits per heavy atom. The third kappa shape index (κ3) is 5.00. The van der Waals surface area contributed by atoms with E-state index in [9.17, 15) is 9.18 Å². The number of halogens is 2. The number of benzene rings is 2. The molecule has 1 amide bonds. The van der Waals surface area contributed by atoms with Gasteiger partial charge in [0, 0.05) is 47.8 Å². The molecule has 3 aliphatic rings. The van der Waals surface area contributed by atoms with Crippen LogP contribution in [0.5, 0.6) is 5.75 Å². The van der Waals surface area contributed by atoms with E-state index in [-0.39, 0.29) is 36.1 Å². The van der Waals surface area contributed by atoms with Gasteiger partial charge in [0.2, 0.25) is 0 Å². The van der Waals surface area contributed by atoms with Gasteiger partial charge in [0.05, 0.1) is 23.3 Å². The molecule has 0 radical (unpaired) electrons. The molecule has 4 heterocycles. The second-order valence-corrected chi connectivity index (χ2v) is 12.1. The predicted molar refractivity (Wildman–Crippen MR) is 161 cm³/mol. The molecule has 1 saturated heterocycles. The maximum absolute atomic E-state index is 16.6. The topological polar surface area (TPSA) is 65.8 Å². The number of rotatable bonds is 5. The second kappa shape index (κ2) is 10.7. The van der Waals surface area contributed by atoms with Crippen LogP contribution in [0.25, 0.3) is 38.6 Å². The Morgan fingerprint density at radius 3 is 2.65 bits per heavy atom. The van der Waals surface area contributed by atoms with Crippen molar-refractivity contribution in [1.29, 1.82) is 0 Å². The molecule has 0 N–H and O–H groups in total. The number of ether oxygens (including phenoxy) is 3. The highest BCUT2D eigenvalue weighted by molar-refractivity contribution is 6.03. The van der Waals surface area contributed by atoms with E-state index in [0.717, 1.165) is 24.1 Å². The lowest BCUT2D eigenvalue weighted by atomic mass is 9.83. The molecule has 222 valence electrons. The van der Waals surface area contributed by atoms with Gasteiger partial charge in [0.15, 0.2) is 12.6 Å². The van der Waals surface area contributed by atoms with Gasteiger partial charge in [-0.3, -0.25) is 4.98 Å². The van der Waals surface area contributed by atoms with E-state index in [4.69, 9.17) is 20.6 Å². The number of hydrogen-bond acceptors (Lipinski definition) is 5. The van der Waals surface area contributed by atoms with Crippen molar-refractivity contribution in [3.05, 3.63) is 65.5 Å². The summed E-state index contributed by atoms with van der Waals surface area (Å²) in [5.41, 5.74) is 2.16. The number of hydrogen-bond donors (Lipinski definition) is 0. The highest BCUT2D eigenvalue weighted by atomic mass is 19.1. The zero-order chi connectivity index (χ0) is 30.6. The minimum atomic E-state index is -0.581. The van der Waals surface area contributed by atoms with Crippen molar-refractivity contribution in [2.24, 2.45) is 5.92 Å². The molecule has 0 spiro atoms. The second-order valence-electron chi connectivity index (χ2n) is 12.1. The molecule has 2 aliphatic heterocycles. The highest BCUT2D eigenvalue weighted by Gasteiger charge is 2.40. The Kier molecular flexibility index (Phi) is 7.13. The third-order valence-corrected chi connectivity index (χ3v) is 8.08. The van der Waals surface area contributed by atoms with Crippen LogP contribution < -0.4 is 4.74 Å². The van der Waals surface area contributed by atoms with Crippen LogP contribution in [-0.2, 0) is 9.47 Å². The number of aromatic nitrogens is 2. The molecule has 2 atom stereocenters. The van der Waals surface area contributed by atoms with Gasteiger partial charge in [-0.2, -0.15) is 0 Å². The van der Waals surface area contributed by atoms with Crippen LogP contribution in [0, 0.1) is 36.8 Å². The fraction of sp³-hybridized carbons (Fsp3) is 0.353. The number of carbonyl (C=O) groups excluding carboxylic acids is 1. The van der Waals surface area contributed by atoms with E-state index in [1.807, 2.05) is 38.5 Å². The maximum Gasteiger partial charge on any atom is 0.410 e. The average Bonchev–Trinajstić information content (AvgIpc) is 3.32. The normalized spacial score (nSPS) is 18.2. The smallest absolute Gasteiger partial charge is 0.410 e. The van der Waals surface area contributed by atoms with Crippen LogP contribution in [0.2, 0.25) is 0 Å². The lowest BCUT2D eigenvalue weighted by Gasteiger charge is -2.44. The Balaban J connectivity index is 1.47. The number of nitrogens with zero attached hydrogens (tertiary/aromatic N) is 3. The number of carbonyl (C=O) groups is 1. The Hall–Kier alpha value is -4.42. The van der Waals surface area contributed by atoms with E-state index < -0.39 is 17.2 Å². The van der Waals surface area contributed by atoms with Gasteiger partial charge in [-0.15, -0.1) is 6.42 Å². The summed E-state index contributed by atoms with van der Waals surface area (Å²) < 4.78 is 49.8. The van der Waals surface area contributed by atoms with Gasteiger partial charge in [-0.05, 0) is 75.8 Å². The van der Waals surface area contributed by atoms with E-state index >= 15 is 4.39 Å². The molecule has 4 aromatic rings. The van der Waals surface area contributed by atoms with E-state index in [1.165, 1.54) is 13.2 Å². The van der Waals surface area contributed by atoms with Crippen molar-refractivity contribution in [3.8, 4) is 29.4 Å². The minimum absolute atomic E-state index is 0.0202. The quantitative estimate of drug-likeness (QED) is 0.182. The van der Waals surface area contributed by atoms with Crippen LogP contribution in [-0.4, -0.2) is 52.6 Å². The molecule has 1 aliphatic carbocycles. The predicted octanol–water partition coefficient (Wildman–Crippen LogP) is 7.28. The van der Waals surface area contributed by atoms with Gasteiger partial charge in [-0.1, -0.05) is 12.0 Å². The van der Waals surface area contributed by atoms with Crippen LogP contribution in [0.1, 0.15) is 44.7 Å². The zero-order valence-corrected chi connectivity index (χ0v) is 24.8. The SMILES string of the molecule is C#Cc1c(F)ccc2cc(OCOC)cc(-c3ncc4c(c(C)cn4C4=CC5CCC4CN5C(=O)OC(C)(C)C)c3F)c12. The molecular formula is C34H33F2N3O4. The number of methoxy groups -OCH3 is 1. The van der Waals surface area contributed by atoms with Crippen molar-refractivity contribution < 1.29 is 27.8 Å². The van der Waals surface area contributed by atoms with Gasteiger partial charge in [-0.25, -0.2) is 13.6 Å². The lowest BCUT2D eigenvalue weighted by molar-refractivity contribution is 0.00942. The molecule has 2 aromatic heterocycles. The van der Waals surface area contributed by atoms with Gasteiger partial charge < -0.3 is 23.7 Å². The van der Waals surface area contributed by atoms with Crippen molar-refractivity contribution in [1.82, 2.24) is 14.5 Å². The number of piperidine rings is 1. The molecule has 9 heteroatoms. The molecule has 1 fully saturated rings. The summed E-state index contributed by atoms with van der Waals surface area (Å²) in [6.45, 7) is 7.92. The summed E-state index contributed by atoms with van der Waals surface area (Å²) in [7, 11) is 1.50. The summed E-state index contributed by atoms with van der Waals surface area (Å²) in [5.74, 6) is 1.78. The molecular weight excluding hydrogens is 552 g/mol. The van der Waals surface area contributed by atoms with Crippen LogP contribution in [0.3, 0.4) is 0 Å². The van der Waals surface area contributed by atoms with Crippen LogP contribution in [0.4, 0.5) is 13.6 Å². The van der Waals surface area contributed by atoms with Crippen LogP contribution >= 0.6 is 0 Å². The van der Waals surface area contributed by atoms with E-state index in [1.54, 1.807) is 29.3 Å². The van der Waals surface area contributed by atoms with E-state index in [2.05, 4.69) is 17.0 Å². The molecule has 7 rings (SSSR count). The molecule has 7 nitrogen and oxygen atoms in total. The fourth-order valence-electron chi connectivity index (χ4n) is 6.26. The number of amides is 1. The summed E-state index contributed by atoms with van der Waals surface area (Å²) in [5, 5.41) is 1.38. The van der Waals surface area contributed by atoms with Gasteiger partial charge in [0.25, 0.3) is 0 Å². The van der Waals surface area contributed by atoms with Crippen LogP contribution in [0.15, 0.2) is 42.7 Å². The first-order valence-corrected chi connectivity index (χ1v) is 14.2. The minimum Gasteiger partial charge on any atom is -0.468 e. The summed E-state index contributed by atoms with van der Waals surface area (Å²) in [6, 6.07) is 6.08. The number of aryl methyl sites for hydroxylation is 1. The molecule has 2 aromatic carbocycles. The van der Waals surface area contributed by atoms with Gasteiger partial charge >= 0.3 is 6.09 Å². The summed E-state index contributed by atoms with van der Waals surface area (Å²) in [4.78, 5) is 19.2. The third-order valence-electron chi connectivity index (χ3n) is 8.08. The first-order valence-electron chi connectivity index (χ1n) is 14.2. The van der Waals surface area contributed by atoms with Gasteiger partial charge in [0.1, 0.15) is 22.9 Å². The average molecular weight is 586 g/mol. The maximum atomic E-state index is 16.6. The van der Waals surface area contributed by atoms with Crippen molar-refractivity contribution in [2.75, 3.05) is 20.4 Å². The highest BCUT2D eigenvalue weighted by Crippen LogP contribution is 2.42. The Bertz CT molecular complexity index is 1850. The number of pyridine rings is 1. The first kappa shape index (κ1) is 28.7.